The molecule has 2 heterocycles. The number of ketones is 1. The minimum absolute atomic E-state index is 0.0418. The van der Waals surface area contributed by atoms with Crippen LogP contribution in [0.2, 0.25) is 5.02 Å². The number of nitrogens with one attached hydrogen (secondary N) is 1. The third-order valence-electron chi connectivity index (χ3n) is 5.37. The molecule has 0 amide bonds. The van der Waals surface area contributed by atoms with Crippen molar-refractivity contribution < 1.29 is 4.79 Å². The van der Waals surface area contributed by atoms with Gasteiger partial charge in [0.05, 0.1) is 5.52 Å². The van der Waals surface area contributed by atoms with Gasteiger partial charge in [-0.3, -0.25) is 4.79 Å². The summed E-state index contributed by atoms with van der Waals surface area (Å²) in [5.74, 6) is 0.947. The van der Waals surface area contributed by atoms with Gasteiger partial charge in [-0.25, -0.2) is 4.98 Å². The van der Waals surface area contributed by atoms with Crippen molar-refractivity contribution in [3.05, 3.63) is 58.6 Å². The van der Waals surface area contributed by atoms with Gasteiger partial charge in [0.25, 0.3) is 0 Å². The van der Waals surface area contributed by atoms with Crippen molar-refractivity contribution in [2.24, 2.45) is 0 Å². The maximum atomic E-state index is 13.3. The number of para-hydroxylation sites is 1. The van der Waals surface area contributed by atoms with Crippen molar-refractivity contribution in [2.45, 2.75) is 13.0 Å². The first-order chi connectivity index (χ1) is 12.6. The molecule has 1 N–H and O–H groups in total. The third-order valence-corrected chi connectivity index (χ3v) is 5.60. The number of carbonyl (C=O) groups excluding carboxylic acids is 1. The first-order valence-electron chi connectivity index (χ1n) is 8.90. The second-order valence-electron chi connectivity index (χ2n) is 6.97. The summed E-state index contributed by atoms with van der Waals surface area (Å²) in [5.41, 5.74) is 4.19. The summed E-state index contributed by atoms with van der Waals surface area (Å²) in [6.07, 6.45) is 0. The fraction of sp³-hybridized carbons (Fsp3) is 0.238. The summed E-state index contributed by atoms with van der Waals surface area (Å²) >= 11 is 6.17. The fourth-order valence-corrected chi connectivity index (χ4v) is 4.28. The Morgan fingerprint density at radius 1 is 1.15 bits per heavy atom. The van der Waals surface area contributed by atoms with Gasteiger partial charge in [0, 0.05) is 52.8 Å². The lowest BCUT2D eigenvalue weighted by atomic mass is 10.0. The minimum Gasteiger partial charge on any atom is -0.351 e. The molecule has 5 heteroatoms. The Balaban J connectivity index is 1.86. The second kappa shape index (κ2) is 5.79. The molecule has 1 aromatic heterocycles. The first kappa shape index (κ1) is 15.8. The molecule has 130 valence electrons. The van der Waals surface area contributed by atoms with Gasteiger partial charge < -0.3 is 10.2 Å². The summed E-state index contributed by atoms with van der Waals surface area (Å²) < 4.78 is 0. The molecule has 5 rings (SSSR count). The number of carbonyl (C=O) groups is 1. The molecule has 0 bridgehead atoms. The van der Waals surface area contributed by atoms with E-state index in [-0.39, 0.29) is 5.78 Å². The van der Waals surface area contributed by atoms with Crippen molar-refractivity contribution >= 4 is 34.1 Å². The largest absolute Gasteiger partial charge is 0.351 e. The predicted octanol–water partition coefficient (Wildman–Crippen LogP) is 3.90. The monoisotopic (exact) mass is 363 g/mol. The molecule has 1 atom stereocenters. The van der Waals surface area contributed by atoms with Crippen molar-refractivity contribution in [1.29, 1.82) is 0 Å². The maximum Gasteiger partial charge on any atom is 0.195 e. The molecule has 0 saturated carbocycles. The number of hydrogen-bond donors (Lipinski definition) is 1. The van der Waals surface area contributed by atoms with Crippen LogP contribution in [0, 0.1) is 0 Å². The van der Waals surface area contributed by atoms with E-state index in [1.54, 1.807) is 6.07 Å². The highest BCUT2D eigenvalue weighted by atomic mass is 35.5. The number of aromatic nitrogens is 1. The van der Waals surface area contributed by atoms with E-state index in [0.717, 1.165) is 53.0 Å². The average molecular weight is 364 g/mol. The smallest absolute Gasteiger partial charge is 0.195 e. The Morgan fingerprint density at radius 3 is 2.85 bits per heavy atom. The highest BCUT2D eigenvalue weighted by Crippen LogP contribution is 2.46. The van der Waals surface area contributed by atoms with E-state index in [0.29, 0.717) is 16.6 Å². The molecule has 1 fully saturated rings. The molecule has 26 heavy (non-hydrogen) atoms. The SMILES string of the molecule is CC1CNCCN1c1nc2ccccc2c2c1-c1ccc(Cl)cc1C2=O. The number of pyridine rings is 1. The Bertz CT molecular complexity index is 1060. The van der Waals surface area contributed by atoms with Gasteiger partial charge >= 0.3 is 0 Å². The van der Waals surface area contributed by atoms with Gasteiger partial charge in [0.15, 0.2) is 5.78 Å². The molecule has 1 aliphatic carbocycles. The number of anilines is 1. The molecule has 1 unspecified atom stereocenters. The van der Waals surface area contributed by atoms with E-state index in [1.807, 2.05) is 36.4 Å². The summed E-state index contributed by atoms with van der Waals surface area (Å²) in [5, 5.41) is 4.91. The van der Waals surface area contributed by atoms with Crippen LogP contribution in [-0.2, 0) is 0 Å². The number of hydrogen-bond acceptors (Lipinski definition) is 4. The van der Waals surface area contributed by atoms with E-state index >= 15 is 0 Å². The van der Waals surface area contributed by atoms with Crippen molar-refractivity contribution in [1.82, 2.24) is 10.3 Å². The van der Waals surface area contributed by atoms with Crippen LogP contribution in [0.1, 0.15) is 22.8 Å². The van der Waals surface area contributed by atoms with Gasteiger partial charge in [-0.2, -0.15) is 0 Å². The zero-order chi connectivity index (χ0) is 17.8. The van der Waals surface area contributed by atoms with E-state index in [2.05, 4.69) is 17.1 Å². The van der Waals surface area contributed by atoms with Crippen LogP contribution in [0.4, 0.5) is 5.82 Å². The van der Waals surface area contributed by atoms with Gasteiger partial charge in [0.1, 0.15) is 5.82 Å². The number of rotatable bonds is 1. The van der Waals surface area contributed by atoms with Crippen molar-refractivity contribution in [2.75, 3.05) is 24.5 Å². The van der Waals surface area contributed by atoms with Crippen molar-refractivity contribution in [3.63, 3.8) is 0 Å². The van der Waals surface area contributed by atoms with Crippen LogP contribution in [0.15, 0.2) is 42.5 Å². The van der Waals surface area contributed by atoms with Gasteiger partial charge in [0.2, 0.25) is 0 Å². The zero-order valence-corrected chi connectivity index (χ0v) is 15.2. The molecule has 1 saturated heterocycles. The molecule has 4 nitrogen and oxygen atoms in total. The lowest BCUT2D eigenvalue weighted by Crippen LogP contribution is -2.50. The summed E-state index contributed by atoms with van der Waals surface area (Å²) in [6.45, 7) is 4.88. The molecular formula is C21H18ClN3O. The quantitative estimate of drug-likeness (QED) is 0.557. The highest BCUT2D eigenvalue weighted by Gasteiger charge is 2.35. The molecule has 2 aliphatic rings. The Labute approximate surface area is 156 Å². The Hall–Kier alpha value is -2.43. The molecule has 2 aromatic carbocycles. The molecule has 0 radical (unpaired) electrons. The van der Waals surface area contributed by atoms with E-state index < -0.39 is 0 Å². The number of halogens is 1. The molecule has 3 aromatic rings. The van der Waals surface area contributed by atoms with Crippen LogP contribution in [-0.4, -0.2) is 36.4 Å². The van der Waals surface area contributed by atoms with E-state index in [9.17, 15) is 4.79 Å². The molecular weight excluding hydrogens is 346 g/mol. The summed E-state index contributed by atoms with van der Waals surface area (Å²) in [4.78, 5) is 20.6. The minimum atomic E-state index is 0.0418. The lowest BCUT2D eigenvalue weighted by Gasteiger charge is -2.36. The van der Waals surface area contributed by atoms with E-state index in [4.69, 9.17) is 16.6 Å². The topological polar surface area (TPSA) is 45.2 Å². The predicted molar refractivity (Wildman–Crippen MR) is 105 cm³/mol. The summed E-state index contributed by atoms with van der Waals surface area (Å²) in [6, 6.07) is 13.8. The molecule has 0 spiro atoms. The standard InChI is InChI=1S/C21H18ClN3O/c1-12-11-23-8-9-25(12)21-19-14-7-6-13(22)10-16(14)20(26)18(19)15-4-2-3-5-17(15)24-21/h2-7,10,12,23H,8-9,11H2,1H3. The number of fused-ring (bicyclic) bond motifs is 5. The maximum absolute atomic E-state index is 13.3. The third kappa shape index (κ3) is 2.19. The van der Waals surface area contributed by atoms with Crippen LogP contribution < -0.4 is 10.2 Å². The number of piperazine rings is 1. The highest BCUT2D eigenvalue weighted by molar-refractivity contribution is 6.33. The van der Waals surface area contributed by atoms with Crippen LogP contribution in [0.25, 0.3) is 22.0 Å². The molecule has 1 aliphatic heterocycles. The number of nitrogens with zero attached hydrogens (tertiary/aromatic N) is 2. The zero-order valence-electron chi connectivity index (χ0n) is 14.4. The van der Waals surface area contributed by atoms with Crippen LogP contribution in [0.5, 0.6) is 0 Å². The van der Waals surface area contributed by atoms with Gasteiger partial charge in [-0.1, -0.05) is 35.9 Å². The van der Waals surface area contributed by atoms with Gasteiger partial charge in [-0.15, -0.1) is 0 Å². The second-order valence-corrected chi connectivity index (χ2v) is 7.40. The van der Waals surface area contributed by atoms with Crippen LogP contribution in [0.3, 0.4) is 0 Å². The van der Waals surface area contributed by atoms with E-state index in [1.165, 1.54) is 0 Å². The number of benzene rings is 2. The Morgan fingerprint density at radius 2 is 2.00 bits per heavy atom. The first-order valence-corrected chi connectivity index (χ1v) is 9.27. The van der Waals surface area contributed by atoms with Crippen LogP contribution >= 0.6 is 11.6 Å². The normalized spacial score (nSPS) is 18.9. The fourth-order valence-electron chi connectivity index (χ4n) is 4.11. The van der Waals surface area contributed by atoms with Gasteiger partial charge in [-0.05, 0) is 30.7 Å². The Kier molecular flexibility index (Phi) is 3.52. The lowest BCUT2D eigenvalue weighted by molar-refractivity contribution is 0.104. The van der Waals surface area contributed by atoms with Crippen molar-refractivity contribution in [3.8, 4) is 11.1 Å². The average Bonchev–Trinajstić information content (AvgIpc) is 2.94. The summed E-state index contributed by atoms with van der Waals surface area (Å²) in [7, 11) is 0.